The molecule has 31 heavy (non-hydrogen) atoms. The molecule has 2 aliphatic rings. The number of nitrogens with zero attached hydrogens (tertiary/aromatic N) is 4. The Hall–Kier alpha value is -2.83. The van der Waals surface area contributed by atoms with Gasteiger partial charge in [0.15, 0.2) is 0 Å². The van der Waals surface area contributed by atoms with Gasteiger partial charge in [0.05, 0.1) is 18.4 Å². The van der Waals surface area contributed by atoms with Crippen molar-refractivity contribution >= 4 is 5.69 Å². The van der Waals surface area contributed by atoms with Crippen molar-refractivity contribution in [2.75, 3.05) is 31.1 Å². The summed E-state index contributed by atoms with van der Waals surface area (Å²) < 4.78 is 7.94. The van der Waals surface area contributed by atoms with E-state index in [9.17, 15) is 5.11 Å². The largest absolute Gasteiger partial charge is 0.491 e. The standard InChI is InChI=1S/C25H30N4O2/c1-27-25-17-29(12-10-20(25)14-26-27)22-7-4-8-24(13-22)31-18-23(30)16-28-11-9-19-5-2-3-6-21(19)15-28/h2-8,13-14,23,30H,9-12,15-18H2,1H3. The third-order valence-electron chi connectivity index (χ3n) is 6.44. The van der Waals surface area contributed by atoms with Gasteiger partial charge in [-0.05, 0) is 41.7 Å². The van der Waals surface area contributed by atoms with Gasteiger partial charge >= 0.3 is 0 Å². The molecule has 0 radical (unpaired) electrons. The number of rotatable bonds is 6. The predicted octanol–water partition coefficient (Wildman–Crippen LogP) is 2.78. The summed E-state index contributed by atoms with van der Waals surface area (Å²) in [6.07, 6.45) is 3.52. The minimum Gasteiger partial charge on any atom is -0.491 e. The molecule has 0 saturated heterocycles. The zero-order chi connectivity index (χ0) is 21.2. The molecule has 0 aliphatic carbocycles. The maximum atomic E-state index is 10.6. The van der Waals surface area contributed by atoms with Crippen molar-refractivity contribution in [3.63, 3.8) is 0 Å². The second kappa shape index (κ2) is 8.73. The minimum absolute atomic E-state index is 0.299. The lowest BCUT2D eigenvalue weighted by atomic mass is 10.00. The van der Waals surface area contributed by atoms with E-state index in [1.54, 1.807) is 0 Å². The third-order valence-corrected chi connectivity index (χ3v) is 6.44. The quantitative estimate of drug-likeness (QED) is 0.667. The van der Waals surface area contributed by atoms with E-state index in [0.717, 1.165) is 50.5 Å². The highest BCUT2D eigenvalue weighted by Gasteiger charge is 2.21. The van der Waals surface area contributed by atoms with Gasteiger partial charge in [0.25, 0.3) is 0 Å². The van der Waals surface area contributed by atoms with Gasteiger partial charge in [-0.15, -0.1) is 0 Å². The van der Waals surface area contributed by atoms with Crippen LogP contribution in [0.3, 0.4) is 0 Å². The Morgan fingerprint density at radius 3 is 2.74 bits per heavy atom. The van der Waals surface area contributed by atoms with Crippen molar-refractivity contribution in [1.29, 1.82) is 0 Å². The predicted molar refractivity (Wildman–Crippen MR) is 121 cm³/mol. The Kier molecular flexibility index (Phi) is 5.66. The number of ether oxygens (including phenoxy) is 1. The maximum absolute atomic E-state index is 10.6. The van der Waals surface area contributed by atoms with E-state index in [-0.39, 0.29) is 0 Å². The fraction of sp³-hybridized carbons (Fsp3) is 0.400. The van der Waals surface area contributed by atoms with Crippen LogP contribution in [-0.4, -0.2) is 52.1 Å². The smallest absolute Gasteiger partial charge is 0.121 e. The molecule has 0 amide bonds. The maximum Gasteiger partial charge on any atom is 0.121 e. The first-order valence-corrected chi connectivity index (χ1v) is 11.1. The van der Waals surface area contributed by atoms with Gasteiger partial charge in [-0.1, -0.05) is 30.3 Å². The summed E-state index contributed by atoms with van der Waals surface area (Å²) in [7, 11) is 2.00. The SMILES string of the molecule is Cn1ncc2c1CN(c1cccc(OCC(O)CN3CCc4ccccc4C3)c1)CC2. The summed E-state index contributed by atoms with van der Waals surface area (Å²) >= 11 is 0. The van der Waals surface area contributed by atoms with Gasteiger partial charge in [0.1, 0.15) is 18.5 Å². The van der Waals surface area contributed by atoms with Crippen molar-refractivity contribution in [2.45, 2.75) is 32.0 Å². The number of aliphatic hydroxyl groups excluding tert-OH is 1. The van der Waals surface area contributed by atoms with Crippen molar-refractivity contribution in [1.82, 2.24) is 14.7 Å². The number of aromatic nitrogens is 2. The van der Waals surface area contributed by atoms with Gasteiger partial charge in [-0.25, -0.2) is 0 Å². The number of hydrogen-bond acceptors (Lipinski definition) is 5. The van der Waals surface area contributed by atoms with E-state index in [2.05, 4.69) is 51.3 Å². The molecule has 5 rings (SSSR count). The van der Waals surface area contributed by atoms with Crippen LogP contribution >= 0.6 is 0 Å². The Morgan fingerprint density at radius 2 is 1.84 bits per heavy atom. The summed E-state index contributed by atoms with van der Waals surface area (Å²) in [6.45, 7) is 4.63. The minimum atomic E-state index is -0.513. The summed E-state index contributed by atoms with van der Waals surface area (Å²) in [5.74, 6) is 0.802. The van der Waals surface area contributed by atoms with E-state index < -0.39 is 6.10 Å². The van der Waals surface area contributed by atoms with Crippen LogP contribution in [-0.2, 0) is 33.0 Å². The van der Waals surface area contributed by atoms with E-state index in [4.69, 9.17) is 4.74 Å². The highest BCUT2D eigenvalue weighted by Crippen LogP contribution is 2.27. The van der Waals surface area contributed by atoms with Crippen LogP contribution in [0, 0.1) is 0 Å². The summed E-state index contributed by atoms with van der Waals surface area (Å²) in [4.78, 5) is 4.67. The molecule has 0 fully saturated rings. The van der Waals surface area contributed by atoms with E-state index in [0.29, 0.717) is 13.2 Å². The second-order valence-corrected chi connectivity index (χ2v) is 8.63. The summed E-state index contributed by atoms with van der Waals surface area (Å²) in [6, 6.07) is 16.8. The Bertz CT molecular complexity index is 1050. The Morgan fingerprint density at radius 1 is 1.00 bits per heavy atom. The molecule has 1 atom stereocenters. The van der Waals surface area contributed by atoms with Gasteiger partial charge in [-0.2, -0.15) is 5.10 Å². The number of aliphatic hydroxyl groups is 1. The van der Waals surface area contributed by atoms with Crippen LogP contribution in [0.1, 0.15) is 22.4 Å². The number of β-amino-alcohol motifs (C(OH)–C–C–N with tert-alkyl or cyclic N) is 1. The molecule has 6 nitrogen and oxygen atoms in total. The molecular weight excluding hydrogens is 388 g/mol. The zero-order valence-electron chi connectivity index (χ0n) is 18.1. The first kappa shape index (κ1) is 20.1. The van der Waals surface area contributed by atoms with Crippen LogP contribution in [0.5, 0.6) is 5.75 Å². The molecule has 162 valence electrons. The fourth-order valence-electron chi connectivity index (χ4n) is 4.68. The second-order valence-electron chi connectivity index (χ2n) is 8.63. The van der Waals surface area contributed by atoms with Crippen molar-refractivity contribution < 1.29 is 9.84 Å². The van der Waals surface area contributed by atoms with Crippen molar-refractivity contribution in [3.05, 3.63) is 77.1 Å². The van der Waals surface area contributed by atoms with E-state index in [1.807, 2.05) is 30.1 Å². The van der Waals surface area contributed by atoms with Crippen molar-refractivity contribution in [2.24, 2.45) is 7.05 Å². The number of anilines is 1. The summed E-state index contributed by atoms with van der Waals surface area (Å²) in [5, 5.41) is 14.9. The molecule has 1 N–H and O–H groups in total. The first-order chi connectivity index (χ1) is 15.2. The molecule has 1 aromatic heterocycles. The summed E-state index contributed by atoms with van der Waals surface area (Å²) in [5.41, 5.74) is 6.56. The Labute approximate surface area is 183 Å². The van der Waals surface area contributed by atoms with Crippen LogP contribution in [0.15, 0.2) is 54.7 Å². The molecule has 0 bridgehead atoms. The number of aryl methyl sites for hydroxylation is 1. The number of benzene rings is 2. The molecule has 0 spiro atoms. The monoisotopic (exact) mass is 418 g/mol. The topological polar surface area (TPSA) is 53.8 Å². The van der Waals surface area contributed by atoms with Gasteiger partial charge in [-0.3, -0.25) is 9.58 Å². The van der Waals surface area contributed by atoms with Gasteiger partial charge in [0.2, 0.25) is 0 Å². The van der Waals surface area contributed by atoms with Gasteiger partial charge < -0.3 is 14.7 Å². The lowest BCUT2D eigenvalue weighted by Crippen LogP contribution is -2.38. The van der Waals surface area contributed by atoms with Crippen LogP contribution < -0.4 is 9.64 Å². The average molecular weight is 419 g/mol. The number of hydrogen-bond donors (Lipinski definition) is 1. The zero-order valence-corrected chi connectivity index (χ0v) is 18.1. The lowest BCUT2D eigenvalue weighted by molar-refractivity contribution is 0.0638. The van der Waals surface area contributed by atoms with Gasteiger partial charge in [0, 0.05) is 45.0 Å². The molecule has 0 saturated carbocycles. The number of fused-ring (bicyclic) bond motifs is 2. The Balaban J connectivity index is 1.16. The molecule has 1 unspecified atom stereocenters. The van der Waals surface area contributed by atoms with E-state index in [1.165, 1.54) is 22.4 Å². The highest BCUT2D eigenvalue weighted by atomic mass is 16.5. The van der Waals surface area contributed by atoms with E-state index >= 15 is 0 Å². The molecule has 2 aliphatic heterocycles. The lowest BCUT2D eigenvalue weighted by Gasteiger charge is -2.30. The third kappa shape index (κ3) is 4.45. The van der Waals surface area contributed by atoms with Crippen molar-refractivity contribution in [3.8, 4) is 5.75 Å². The molecule has 3 aromatic rings. The van der Waals surface area contributed by atoms with Crippen LogP contribution in [0.4, 0.5) is 5.69 Å². The molecule has 3 heterocycles. The molecule has 6 heteroatoms. The van der Waals surface area contributed by atoms with Crippen LogP contribution in [0.2, 0.25) is 0 Å². The van der Waals surface area contributed by atoms with Crippen LogP contribution in [0.25, 0.3) is 0 Å². The normalized spacial score (nSPS) is 17.2. The highest BCUT2D eigenvalue weighted by molar-refractivity contribution is 5.52. The molecular formula is C25H30N4O2. The molecule has 2 aromatic carbocycles. The average Bonchev–Trinajstić information content (AvgIpc) is 3.18. The fourth-order valence-corrected chi connectivity index (χ4v) is 4.68. The first-order valence-electron chi connectivity index (χ1n) is 11.1.